The van der Waals surface area contributed by atoms with Gasteiger partial charge in [-0.1, -0.05) is 70.7 Å². The van der Waals surface area contributed by atoms with Crippen LogP contribution >= 0.6 is 50.9 Å². The van der Waals surface area contributed by atoms with Crippen molar-refractivity contribution in [2.24, 2.45) is 0 Å². The number of rotatable bonds is 11. The number of nitrogens with zero attached hydrogens (tertiary/aromatic N) is 1. The molecule has 0 spiro atoms. The Kier molecular flexibility index (Phi) is 11.2. The third kappa shape index (κ3) is 8.68. The van der Waals surface area contributed by atoms with Crippen molar-refractivity contribution in [3.63, 3.8) is 0 Å². The largest absolute Gasteiger partial charge is 0.354 e. The molecule has 0 bridgehead atoms. The van der Waals surface area contributed by atoms with Gasteiger partial charge in [-0.15, -0.1) is 11.8 Å². The monoisotopic (exact) mass is 544 g/mol. The van der Waals surface area contributed by atoms with Crippen molar-refractivity contribution in [2.45, 2.75) is 45.0 Å². The summed E-state index contributed by atoms with van der Waals surface area (Å²) >= 11 is 17.3. The van der Waals surface area contributed by atoms with Gasteiger partial charge in [-0.3, -0.25) is 9.59 Å². The molecular weight excluding hydrogens is 519 g/mol. The van der Waals surface area contributed by atoms with E-state index in [1.165, 1.54) is 11.8 Å². The van der Waals surface area contributed by atoms with Crippen LogP contribution in [-0.4, -0.2) is 35.1 Å². The minimum Gasteiger partial charge on any atom is -0.354 e. The van der Waals surface area contributed by atoms with Crippen LogP contribution in [0.5, 0.6) is 0 Å². The number of amides is 2. The zero-order valence-electron chi connectivity index (χ0n) is 17.7. The Labute approximate surface area is 207 Å². The predicted molar refractivity (Wildman–Crippen MR) is 135 cm³/mol. The summed E-state index contributed by atoms with van der Waals surface area (Å²) in [6.07, 6.45) is 1.89. The maximum Gasteiger partial charge on any atom is 0.242 e. The Morgan fingerprint density at radius 1 is 1.16 bits per heavy atom. The number of hydrogen-bond acceptors (Lipinski definition) is 3. The molecule has 168 valence electrons. The summed E-state index contributed by atoms with van der Waals surface area (Å²) in [5.41, 5.74) is 1.89. The lowest BCUT2D eigenvalue weighted by atomic mass is 10.1. The minimum absolute atomic E-state index is 0.105. The van der Waals surface area contributed by atoms with Gasteiger partial charge in [-0.2, -0.15) is 0 Å². The molecular formula is C23H27BrCl2N2O2S. The lowest BCUT2D eigenvalue weighted by Crippen LogP contribution is -2.48. The van der Waals surface area contributed by atoms with Crippen molar-refractivity contribution in [2.75, 3.05) is 12.3 Å². The minimum atomic E-state index is -0.607. The number of carbonyl (C=O) groups is 2. The van der Waals surface area contributed by atoms with Gasteiger partial charge in [0, 0.05) is 33.4 Å². The van der Waals surface area contributed by atoms with Gasteiger partial charge in [0.25, 0.3) is 0 Å². The van der Waals surface area contributed by atoms with Gasteiger partial charge in [0.2, 0.25) is 11.8 Å². The quantitative estimate of drug-likeness (QED) is 0.336. The van der Waals surface area contributed by atoms with E-state index in [0.717, 1.165) is 28.4 Å². The maximum absolute atomic E-state index is 13.1. The van der Waals surface area contributed by atoms with E-state index in [-0.39, 0.29) is 24.1 Å². The van der Waals surface area contributed by atoms with Crippen molar-refractivity contribution in [1.82, 2.24) is 10.2 Å². The number of unbranched alkanes of at least 4 members (excludes halogenated alkanes) is 1. The Bertz CT molecular complexity index is 880. The second-order valence-corrected chi connectivity index (χ2v) is 9.94. The normalized spacial score (nSPS) is 11.8. The number of thioether (sulfide) groups is 1. The van der Waals surface area contributed by atoms with Gasteiger partial charge in [0.15, 0.2) is 0 Å². The first kappa shape index (κ1) is 26.0. The van der Waals surface area contributed by atoms with Gasteiger partial charge >= 0.3 is 0 Å². The number of benzene rings is 2. The van der Waals surface area contributed by atoms with Crippen molar-refractivity contribution >= 4 is 62.7 Å². The fourth-order valence-electron chi connectivity index (χ4n) is 2.87. The van der Waals surface area contributed by atoms with Crippen LogP contribution in [0.15, 0.2) is 46.9 Å². The van der Waals surface area contributed by atoms with E-state index in [0.29, 0.717) is 22.3 Å². The molecule has 0 aliphatic heterocycles. The lowest BCUT2D eigenvalue weighted by molar-refractivity contribution is -0.138. The summed E-state index contributed by atoms with van der Waals surface area (Å²) in [6.45, 7) is 4.66. The van der Waals surface area contributed by atoms with Crippen LogP contribution in [0, 0.1) is 0 Å². The molecule has 0 aliphatic rings. The van der Waals surface area contributed by atoms with Gasteiger partial charge in [0.1, 0.15) is 6.04 Å². The Balaban J connectivity index is 2.08. The molecule has 2 aromatic rings. The van der Waals surface area contributed by atoms with Crippen LogP contribution in [0.4, 0.5) is 0 Å². The van der Waals surface area contributed by atoms with Crippen molar-refractivity contribution in [3.8, 4) is 0 Å². The fraction of sp³-hybridized carbons (Fsp3) is 0.391. The molecule has 2 rings (SSSR count). The zero-order chi connectivity index (χ0) is 22.8. The summed E-state index contributed by atoms with van der Waals surface area (Å²) in [4.78, 5) is 27.3. The third-order valence-electron chi connectivity index (χ3n) is 4.76. The summed E-state index contributed by atoms with van der Waals surface area (Å²) in [5.74, 6) is 0.718. The number of nitrogens with one attached hydrogen (secondary N) is 1. The number of hydrogen-bond donors (Lipinski definition) is 1. The fourth-order valence-corrected chi connectivity index (χ4v) is 4.48. The maximum atomic E-state index is 13.1. The average Bonchev–Trinajstić information content (AvgIpc) is 2.74. The molecule has 0 saturated carbocycles. The summed E-state index contributed by atoms with van der Waals surface area (Å²) < 4.78 is 1.02. The van der Waals surface area contributed by atoms with E-state index in [1.54, 1.807) is 30.0 Å². The number of halogens is 3. The topological polar surface area (TPSA) is 49.4 Å². The van der Waals surface area contributed by atoms with Crippen LogP contribution in [0.2, 0.25) is 10.0 Å². The van der Waals surface area contributed by atoms with E-state index in [2.05, 4.69) is 28.2 Å². The smallest absolute Gasteiger partial charge is 0.242 e. The molecule has 8 heteroatoms. The average molecular weight is 546 g/mol. The highest BCUT2D eigenvalue weighted by Gasteiger charge is 2.26. The Morgan fingerprint density at radius 3 is 2.52 bits per heavy atom. The zero-order valence-corrected chi connectivity index (χ0v) is 21.6. The van der Waals surface area contributed by atoms with Gasteiger partial charge in [0.05, 0.1) is 5.75 Å². The second-order valence-electron chi connectivity index (χ2n) is 7.20. The summed E-state index contributed by atoms with van der Waals surface area (Å²) in [7, 11) is 0. The lowest BCUT2D eigenvalue weighted by Gasteiger charge is -2.29. The Morgan fingerprint density at radius 2 is 1.87 bits per heavy atom. The molecule has 31 heavy (non-hydrogen) atoms. The van der Waals surface area contributed by atoms with Gasteiger partial charge in [-0.25, -0.2) is 0 Å². The van der Waals surface area contributed by atoms with Crippen molar-refractivity contribution in [1.29, 1.82) is 0 Å². The van der Waals surface area contributed by atoms with Gasteiger partial charge < -0.3 is 10.2 Å². The Hall–Kier alpha value is -1.21. The highest BCUT2D eigenvalue weighted by atomic mass is 79.9. The summed E-state index contributed by atoms with van der Waals surface area (Å²) in [6, 6.07) is 12.6. The molecule has 0 aromatic heterocycles. The molecule has 1 N–H and O–H groups in total. The molecule has 2 amide bonds. The van der Waals surface area contributed by atoms with E-state index in [4.69, 9.17) is 23.2 Å². The van der Waals surface area contributed by atoms with E-state index >= 15 is 0 Å². The van der Waals surface area contributed by atoms with E-state index in [9.17, 15) is 9.59 Å². The second kappa shape index (κ2) is 13.4. The van der Waals surface area contributed by atoms with Gasteiger partial charge in [-0.05, 0) is 48.7 Å². The van der Waals surface area contributed by atoms with Crippen LogP contribution in [0.1, 0.15) is 37.8 Å². The van der Waals surface area contributed by atoms with Crippen molar-refractivity contribution < 1.29 is 9.59 Å². The molecule has 0 fully saturated rings. The first-order chi connectivity index (χ1) is 14.8. The molecule has 0 radical (unpaired) electrons. The molecule has 4 nitrogen and oxygen atoms in total. The molecule has 2 aromatic carbocycles. The number of carbonyl (C=O) groups excluding carboxylic acids is 2. The standard InChI is InChI=1S/C23H27BrCl2N2O2S/c1-3-4-11-27-23(30)16(2)28(13-18-7-10-20(25)12-21(18)26)22(29)15-31-14-17-5-8-19(24)9-6-17/h5-10,12,16H,3-4,11,13-15H2,1-2H3,(H,27,30)/t16-/m0/s1. The van der Waals surface area contributed by atoms with E-state index < -0.39 is 6.04 Å². The molecule has 0 saturated heterocycles. The third-order valence-corrected chi connectivity index (χ3v) is 6.86. The van der Waals surface area contributed by atoms with Crippen LogP contribution in [0.3, 0.4) is 0 Å². The van der Waals surface area contributed by atoms with Crippen LogP contribution < -0.4 is 5.32 Å². The van der Waals surface area contributed by atoms with Crippen molar-refractivity contribution in [3.05, 3.63) is 68.1 Å². The van der Waals surface area contributed by atoms with Crippen LogP contribution in [0.25, 0.3) is 0 Å². The van der Waals surface area contributed by atoms with Crippen LogP contribution in [-0.2, 0) is 21.9 Å². The predicted octanol–water partition coefficient (Wildman–Crippen LogP) is 6.32. The first-order valence-corrected chi connectivity index (χ1v) is 12.9. The first-order valence-electron chi connectivity index (χ1n) is 10.1. The summed E-state index contributed by atoms with van der Waals surface area (Å²) in [5, 5.41) is 3.93. The molecule has 0 unspecified atom stereocenters. The highest BCUT2D eigenvalue weighted by molar-refractivity contribution is 9.10. The SMILES string of the molecule is CCCCNC(=O)[C@H](C)N(Cc1ccc(Cl)cc1Cl)C(=O)CSCc1ccc(Br)cc1. The molecule has 1 atom stereocenters. The molecule has 0 heterocycles. The molecule has 0 aliphatic carbocycles. The highest BCUT2D eigenvalue weighted by Crippen LogP contribution is 2.24. The van der Waals surface area contributed by atoms with E-state index in [1.807, 2.05) is 24.3 Å².